The number of amidine groups is 1. The van der Waals surface area contributed by atoms with Crippen molar-refractivity contribution in [2.75, 3.05) is 19.6 Å². The van der Waals surface area contributed by atoms with Gasteiger partial charge in [-0.1, -0.05) is 206 Å². The monoisotopic (exact) mass is 634 g/mol. The Balaban J connectivity index is 3.50. The Kier molecular flexibility index (Phi) is 39.1. The van der Waals surface area contributed by atoms with Gasteiger partial charge >= 0.3 is 0 Å². The van der Waals surface area contributed by atoms with Crippen LogP contribution in [0, 0.1) is 0 Å². The van der Waals surface area contributed by atoms with E-state index in [2.05, 4.69) is 38.3 Å². The van der Waals surface area contributed by atoms with Crippen LogP contribution < -0.4 is 10.6 Å². The highest BCUT2D eigenvalue weighted by molar-refractivity contribution is 5.82. The summed E-state index contributed by atoms with van der Waals surface area (Å²) in [6.45, 7) is 12.3. The van der Waals surface area contributed by atoms with E-state index in [9.17, 15) is 0 Å². The molecule has 0 saturated carbocycles. The van der Waals surface area contributed by atoms with Gasteiger partial charge in [0.15, 0.2) is 0 Å². The summed E-state index contributed by atoms with van der Waals surface area (Å²) in [5, 5.41) is 7.28. The molecule has 0 amide bonds. The molecule has 0 aromatic carbocycles. The number of rotatable bonds is 38. The van der Waals surface area contributed by atoms with Crippen molar-refractivity contribution in [1.29, 1.82) is 0 Å². The first-order chi connectivity index (χ1) is 22.2. The van der Waals surface area contributed by atoms with Crippen molar-refractivity contribution < 1.29 is 0 Å². The minimum absolute atomic E-state index is 0.467. The average Bonchev–Trinajstić information content (AvgIpc) is 3.03. The van der Waals surface area contributed by atoms with Crippen LogP contribution in [-0.2, 0) is 0 Å². The number of hydrogen-bond acceptors (Lipinski definition) is 2. The molecule has 0 aromatic heterocycles. The second kappa shape index (κ2) is 39.6. The van der Waals surface area contributed by atoms with E-state index < -0.39 is 0 Å². The third-order valence-corrected chi connectivity index (χ3v) is 9.52. The van der Waals surface area contributed by atoms with E-state index in [1.165, 1.54) is 211 Å². The summed E-state index contributed by atoms with van der Waals surface area (Å²) < 4.78 is 0. The molecule has 2 N–H and O–H groups in total. The zero-order chi connectivity index (χ0) is 32.7. The van der Waals surface area contributed by atoms with Gasteiger partial charge in [0.1, 0.15) is 0 Å². The minimum atomic E-state index is 0.467. The molecule has 3 nitrogen and oxygen atoms in total. The Bertz CT molecular complexity index is 558. The van der Waals surface area contributed by atoms with Gasteiger partial charge in [0, 0.05) is 25.6 Å². The van der Waals surface area contributed by atoms with E-state index in [-0.39, 0.29) is 0 Å². The summed E-state index contributed by atoms with van der Waals surface area (Å²) in [6, 6.07) is 0.467. The number of hydrogen-bond donors (Lipinski definition) is 2. The summed E-state index contributed by atoms with van der Waals surface area (Å²) in [6.07, 6.45) is 46.8. The Morgan fingerprint density at radius 2 is 0.711 bits per heavy atom. The second-order valence-electron chi connectivity index (χ2n) is 14.7. The van der Waals surface area contributed by atoms with Crippen molar-refractivity contribution in [3.05, 3.63) is 0 Å². The fourth-order valence-electron chi connectivity index (χ4n) is 6.53. The molecule has 0 heterocycles. The van der Waals surface area contributed by atoms with Crippen molar-refractivity contribution in [2.24, 2.45) is 4.99 Å². The van der Waals surface area contributed by atoms with E-state index >= 15 is 0 Å². The van der Waals surface area contributed by atoms with E-state index in [1.54, 1.807) is 0 Å². The molecule has 0 unspecified atom stereocenters. The molecule has 0 radical (unpaired) electrons. The van der Waals surface area contributed by atoms with Crippen LogP contribution in [0.1, 0.15) is 240 Å². The Hall–Kier alpha value is -0.570. The maximum Gasteiger partial charge on any atom is 0.0977 e. The molecular formula is C42H87N3. The first-order valence-electron chi connectivity index (χ1n) is 21.2. The molecule has 0 aliphatic carbocycles. The number of nitrogens with one attached hydrogen (secondary N) is 2. The zero-order valence-corrected chi connectivity index (χ0v) is 32.0. The van der Waals surface area contributed by atoms with Crippen molar-refractivity contribution >= 4 is 5.84 Å². The minimum Gasteiger partial charge on any atom is -0.372 e. The van der Waals surface area contributed by atoms with Crippen molar-refractivity contribution in [2.45, 2.75) is 246 Å². The van der Waals surface area contributed by atoms with Crippen LogP contribution in [0.4, 0.5) is 0 Å². The highest BCUT2D eigenvalue weighted by Crippen LogP contribution is 2.15. The van der Waals surface area contributed by atoms with Gasteiger partial charge in [-0.25, -0.2) is 0 Å². The summed E-state index contributed by atoms with van der Waals surface area (Å²) >= 11 is 0. The number of nitrogens with zero attached hydrogens (tertiary/aromatic N) is 1. The van der Waals surface area contributed by atoms with Gasteiger partial charge in [0.05, 0.1) is 5.84 Å². The molecule has 0 saturated heterocycles. The summed E-state index contributed by atoms with van der Waals surface area (Å²) in [7, 11) is 0. The molecule has 0 bridgehead atoms. The van der Waals surface area contributed by atoms with Gasteiger partial charge in [0.2, 0.25) is 0 Å². The lowest BCUT2D eigenvalue weighted by molar-refractivity contribution is 0.525. The fourth-order valence-corrected chi connectivity index (χ4v) is 6.53. The lowest BCUT2D eigenvalue weighted by Gasteiger charge is -2.14. The molecule has 270 valence electrons. The molecule has 0 fully saturated rings. The maximum absolute atomic E-state index is 4.95. The van der Waals surface area contributed by atoms with E-state index in [4.69, 9.17) is 4.99 Å². The zero-order valence-electron chi connectivity index (χ0n) is 32.0. The third-order valence-electron chi connectivity index (χ3n) is 9.52. The first kappa shape index (κ1) is 44.4. The predicted octanol–water partition coefficient (Wildman–Crippen LogP) is 13.9. The van der Waals surface area contributed by atoms with Crippen LogP contribution in [0.3, 0.4) is 0 Å². The quantitative estimate of drug-likeness (QED) is 0.0403. The van der Waals surface area contributed by atoms with E-state index in [0.29, 0.717) is 6.04 Å². The molecule has 3 heteroatoms. The predicted molar refractivity (Wildman–Crippen MR) is 207 cm³/mol. The second-order valence-corrected chi connectivity index (χ2v) is 14.7. The van der Waals surface area contributed by atoms with Crippen LogP contribution in [-0.4, -0.2) is 31.5 Å². The van der Waals surface area contributed by atoms with Crippen molar-refractivity contribution in [3.8, 4) is 0 Å². The van der Waals surface area contributed by atoms with Crippen LogP contribution >= 0.6 is 0 Å². The van der Waals surface area contributed by atoms with Crippen LogP contribution in [0.5, 0.6) is 0 Å². The molecule has 0 spiro atoms. The van der Waals surface area contributed by atoms with Gasteiger partial charge in [-0.2, -0.15) is 0 Å². The van der Waals surface area contributed by atoms with Gasteiger partial charge < -0.3 is 10.6 Å². The highest BCUT2D eigenvalue weighted by Gasteiger charge is 2.02. The van der Waals surface area contributed by atoms with E-state index in [1.807, 2.05) is 0 Å². The topological polar surface area (TPSA) is 36.4 Å². The normalized spacial score (nSPS) is 12.1. The van der Waals surface area contributed by atoms with Crippen molar-refractivity contribution in [1.82, 2.24) is 10.6 Å². The average molecular weight is 634 g/mol. The smallest absolute Gasteiger partial charge is 0.0977 e. The molecule has 0 aliphatic rings. The Morgan fingerprint density at radius 1 is 0.400 bits per heavy atom. The highest BCUT2D eigenvalue weighted by atomic mass is 15.0. The standard InChI is InChI=1S/C42H87N3/c1-5-7-9-11-13-15-17-19-21-23-25-27-29-31-33-35-38-43-40-37-42(45-41(3)4)44-39-36-34-32-30-28-26-24-22-20-18-16-14-12-10-8-6-2/h41,43H,5-40H2,1-4H3,(H,44,45). The van der Waals surface area contributed by atoms with Crippen LogP contribution in [0.15, 0.2) is 4.99 Å². The molecule has 0 aromatic rings. The van der Waals surface area contributed by atoms with Gasteiger partial charge in [-0.3, -0.25) is 4.99 Å². The van der Waals surface area contributed by atoms with Gasteiger partial charge in [0.25, 0.3) is 0 Å². The lowest BCUT2D eigenvalue weighted by Crippen LogP contribution is -2.33. The first-order valence-corrected chi connectivity index (χ1v) is 21.2. The van der Waals surface area contributed by atoms with Crippen LogP contribution in [0.2, 0.25) is 0 Å². The molecule has 0 rings (SSSR count). The number of unbranched alkanes of at least 4 members (excludes halogenated alkanes) is 30. The molecule has 0 atom stereocenters. The van der Waals surface area contributed by atoms with Gasteiger partial charge in [-0.05, 0) is 33.2 Å². The summed E-state index contributed by atoms with van der Waals surface area (Å²) in [5.74, 6) is 1.21. The molecule has 0 aliphatic heterocycles. The fraction of sp³-hybridized carbons (Fsp3) is 0.976. The largest absolute Gasteiger partial charge is 0.372 e. The summed E-state index contributed by atoms with van der Waals surface area (Å²) in [4.78, 5) is 4.95. The van der Waals surface area contributed by atoms with E-state index in [0.717, 1.165) is 26.1 Å². The molecule has 45 heavy (non-hydrogen) atoms. The van der Waals surface area contributed by atoms with Crippen LogP contribution in [0.25, 0.3) is 0 Å². The molecular weight excluding hydrogens is 546 g/mol. The number of aliphatic imine (C=N–C) groups is 1. The lowest BCUT2D eigenvalue weighted by atomic mass is 10.0. The Morgan fingerprint density at radius 3 is 1.04 bits per heavy atom. The third kappa shape index (κ3) is 39.5. The summed E-state index contributed by atoms with van der Waals surface area (Å²) in [5.41, 5.74) is 0. The SMILES string of the molecule is CCCCCCCCCCCCCCCCCC/N=C(/CCNCCCCCCCCCCCCCCCCCC)NC(C)C. The van der Waals surface area contributed by atoms with Gasteiger partial charge in [-0.15, -0.1) is 0 Å². The van der Waals surface area contributed by atoms with Crippen molar-refractivity contribution in [3.63, 3.8) is 0 Å². The Labute approximate surface area is 286 Å². The maximum atomic E-state index is 4.95.